The third kappa shape index (κ3) is 3.65. The fraction of sp³-hybridized carbons (Fsp3) is 0.0769. The molecule has 0 heterocycles. The first-order valence-electron chi connectivity index (χ1n) is 5.07. The first-order valence-corrected chi connectivity index (χ1v) is 6.43. The van der Waals surface area contributed by atoms with Gasteiger partial charge in [-0.2, -0.15) is 0 Å². The molecule has 17 heavy (non-hydrogen) atoms. The normalized spacial score (nSPS) is 10.5. The van der Waals surface area contributed by atoms with Gasteiger partial charge in [-0.25, -0.2) is 4.39 Å². The van der Waals surface area contributed by atoms with Gasteiger partial charge >= 0.3 is 0 Å². The number of anilines is 1. The summed E-state index contributed by atoms with van der Waals surface area (Å²) in [6.07, 6.45) is 0. The Bertz CT molecular complexity index is 493. The molecule has 0 saturated heterocycles. The van der Waals surface area contributed by atoms with Gasteiger partial charge in [-0.05, 0) is 48.0 Å². The second kappa shape index (κ2) is 5.43. The molecule has 1 nitrogen and oxygen atoms in total. The Hall–Kier alpha value is -1.19. The van der Waals surface area contributed by atoms with Gasteiger partial charge in [0.15, 0.2) is 0 Å². The molecular weight excluding hydrogens is 257 g/mol. The predicted octanol–water partition coefficient (Wildman–Crippen LogP) is 4.35. The van der Waals surface area contributed by atoms with Crippen molar-refractivity contribution in [3.05, 3.63) is 58.9 Å². The zero-order valence-electron chi connectivity index (χ0n) is 8.99. The summed E-state index contributed by atoms with van der Waals surface area (Å²) >= 11 is 7.41. The van der Waals surface area contributed by atoms with Gasteiger partial charge in [0.05, 0.1) is 0 Å². The van der Waals surface area contributed by atoms with Crippen molar-refractivity contribution < 1.29 is 4.39 Å². The van der Waals surface area contributed by atoms with E-state index in [4.69, 9.17) is 17.3 Å². The largest absolute Gasteiger partial charge is 0.399 e. The van der Waals surface area contributed by atoms with Crippen molar-refractivity contribution in [2.45, 2.75) is 10.6 Å². The molecule has 2 aromatic carbocycles. The van der Waals surface area contributed by atoms with Crippen LogP contribution in [0.4, 0.5) is 10.1 Å². The number of nitrogen functional groups attached to an aromatic ring is 1. The first kappa shape index (κ1) is 12.3. The number of rotatable bonds is 3. The molecule has 88 valence electrons. The van der Waals surface area contributed by atoms with Crippen LogP contribution in [0.2, 0.25) is 5.02 Å². The SMILES string of the molecule is Nc1cc(F)cc(CSc2ccc(Cl)cc2)c1. The van der Waals surface area contributed by atoms with Gasteiger partial charge in [0.1, 0.15) is 5.82 Å². The van der Waals surface area contributed by atoms with E-state index in [1.54, 1.807) is 17.8 Å². The standard InChI is InChI=1S/C13H11ClFNS/c14-10-1-3-13(4-2-10)17-8-9-5-11(15)7-12(16)6-9/h1-7H,8,16H2. The molecule has 0 aliphatic rings. The molecule has 2 rings (SSSR count). The van der Waals surface area contributed by atoms with Gasteiger partial charge in [-0.1, -0.05) is 11.6 Å². The lowest BCUT2D eigenvalue weighted by Gasteiger charge is -2.04. The predicted molar refractivity (Wildman–Crippen MR) is 71.8 cm³/mol. The van der Waals surface area contributed by atoms with Crippen LogP contribution in [0.15, 0.2) is 47.4 Å². The molecule has 0 amide bonds. The number of hydrogen-bond donors (Lipinski definition) is 1. The molecule has 0 bridgehead atoms. The fourth-order valence-electron chi connectivity index (χ4n) is 1.46. The Kier molecular flexibility index (Phi) is 3.92. The van der Waals surface area contributed by atoms with Crippen LogP contribution in [0, 0.1) is 5.82 Å². The first-order chi connectivity index (χ1) is 8.13. The zero-order chi connectivity index (χ0) is 12.3. The van der Waals surface area contributed by atoms with Crippen LogP contribution in [0.25, 0.3) is 0 Å². The van der Waals surface area contributed by atoms with Crippen LogP contribution in [-0.4, -0.2) is 0 Å². The van der Waals surface area contributed by atoms with Gasteiger partial charge < -0.3 is 5.73 Å². The van der Waals surface area contributed by atoms with E-state index in [1.807, 2.05) is 24.3 Å². The molecule has 0 fully saturated rings. The second-order valence-electron chi connectivity index (χ2n) is 3.64. The van der Waals surface area contributed by atoms with Crippen LogP contribution < -0.4 is 5.73 Å². The van der Waals surface area contributed by atoms with Gasteiger partial charge in [-0.3, -0.25) is 0 Å². The lowest BCUT2D eigenvalue weighted by molar-refractivity contribution is 0.627. The summed E-state index contributed by atoms with van der Waals surface area (Å²) < 4.78 is 13.1. The van der Waals surface area contributed by atoms with Crippen LogP contribution in [0.1, 0.15) is 5.56 Å². The Balaban J connectivity index is 2.04. The monoisotopic (exact) mass is 267 g/mol. The second-order valence-corrected chi connectivity index (χ2v) is 5.12. The summed E-state index contributed by atoms with van der Waals surface area (Å²) in [5.74, 6) is 0.389. The van der Waals surface area contributed by atoms with Crippen LogP contribution in [0.5, 0.6) is 0 Å². The van der Waals surface area contributed by atoms with Crippen molar-refractivity contribution in [1.82, 2.24) is 0 Å². The lowest BCUT2D eigenvalue weighted by atomic mass is 10.2. The van der Waals surface area contributed by atoms with E-state index in [0.29, 0.717) is 16.5 Å². The van der Waals surface area contributed by atoms with Gasteiger partial charge in [0.25, 0.3) is 0 Å². The van der Waals surface area contributed by atoms with Crippen molar-refractivity contribution in [1.29, 1.82) is 0 Å². The number of nitrogens with two attached hydrogens (primary N) is 1. The molecule has 2 N–H and O–H groups in total. The van der Waals surface area contributed by atoms with Crippen molar-refractivity contribution in [3.63, 3.8) is 0 Å². The minimum absolute atomic E-state index is 0.295. The number of hydrogen-bond acceptors (Lipinski definition) is 2. The third-order valence-electron chi connectivity index (χ3n) is 2.20. The van der Waals surface area contributed by atoms with E-state index in [9.17, 15) is 4.39 Å². The summed E-state index contributed by atoms with van der Waals surface area (Å²) in [7, 11) is 0. The molecule has 0 atom stereocenters. The smallest absolute Gasteiger partial charge is 0.125 e. The summed E-state index contributed by atoms with van der Waals surface area (Å²) in [6, 6.07) is 12.2. The molecule has 0 radical (unpaired) electrons. The molecular formula is C13H11ClFNS. The van der Waals surface area contributed by atoms with Gasteiger partial charge in [0.2, 0.25) is 0 Å². The molecule has 4 heteroatoms. The molecule has 0 spiro atoms. The van der Waals surface area contributed by atoms with E-state index in [1.165, 1.54) is 12.1 Å². The summed E-state index contributed by atoms with van der Waals surface area (Å²) in [6.45, 7) is 0. The van der Waals surface area contributed by atoms with Crippen molar-refractivity contribution >= 4 is 29.1 Å². The van der Waals surface area contributed by atoms with E-state index in [-0.39, 0.29) is 5.82 Å². The quantitative estimate of drug-likeness (QED) is 0.661. The lowest BCUT2D eigenvalue weighted by Crippen LogP contribution is -1.90. The molecule has 0 unspecified atom stereocenters. The minimum atomic E-state index is -0.295. The van der Waals surface area contributed by atoms with E-state index < -0.39 is 0 Å². The Morgan fingerprint density at radius 2 is 1.82 bits per heavy atom. The summed E-state index contributed by atoms with van der Waals surface area (Å²) in [4.78, 5) is 1.09. The molecule has 0 aliphatic heterocycles. The maximum absolute atomic E-state index is 13.1. The van der Waals surface area contributed by atoms with Gasteiger partial charge in [-0.15, -0.1) is 11.8 Å². The summed E-state index contributed by atoms with van der Waals surface area (Å²) in [5.41, 5.74) is 6.91. The fourth-order valence-corrected chi connectivity index (χ4v) is 2.41. The third-order valence-corrected chi connectivity index (χ3v) is 3.53. The average molecular weight is 268 g/mol. The van der Waals surface area contributed by atoms with Gasteiger partial charge in [0, 0.05) is 21.4 Å². The highest BCUT2D eigenvalue weighted by atomic mass is 35.5. The van der Waals surface area contributed by atoms with E-state index in [0.717, 1.165) is 10.5 Å². The number of thioether (sulfide) groups is 1. The topological polar surface area (TPSA) is 26.0 Å². The molecule has 0 saturated carbocycles. The van der Waals surface area contributed by atoms with Crippen molar-refractivity contribution in [2.75, 3.05) is 5.73 Å². The zero-order valence-corrected chi connectivity index (χ0v) is 10.6. The van der Waals surface area contributed by atoms with Crippen LogP contribution >= 0.6 is 23.4 Å². The molecule has 0 aromatic heterocycles. The average Bonchev–Trinajstić information content (AvgIpc) is 2.27. The number of halogens is 2. The Labute approximate surface area is 109 Å². The van der Waals surface area contributed by atoms with E-state index >= 15 is 0 Å². The van der Waals surface area contributed by atoms with E-state index in [2.05, 4.69) is 0 Å². The minimum Gasteiger partial charge on any atom is -0.399 e. The van der Waals surface area contributed by atoms with Crippen LogP contribution in [-0.2, 0) is 5.75 Å². The molecule has 2 aromatic rings. The number of benzene rings is 2. The summed E-state index contributed by atoms with van der Waals surface area (Å²) in [5, 5.41) is 0.712. The maximum Gasteiger partial charge on any atom is 0.125 e. The Morgan fingerprint density at radius 1 is 1.12 bits per heavy atom. The highest BCUT2D eigenvalue weighted by Gasteiger charge is 2.00. The highest BCUT2D eigenvalue weighted by Crippen LogP contribution is 2.25. The Morgan fingerprint density at radius 3 is 2.47 bits per heavy atom. The maximum atomic E-state index is 13.1. The van der Waals surface area contributed by atoms with Crippen molar-refractivity contribution in [3.8, 4) is 0 Å². The van der Waals surface area contributed by atoms with Crippen LogP contribution in [0.3, 0.4) is 0 Å². The molecule has 0 aliphatic carbocycles. The van der Waals surface area contributed by atoms with Crippen molar-refractivity contribution in [2.24, 2.45) is 0 Å². The highest BCUT2D eigenvalue weighted by molar-refractivity contribution is 7.98.